The SMILES string of the molecule is COc1ccc(S(=O)(=O)N2CCN(C3CC3)C(=O)C2)cc1. The Hall–Kier alpha value is -1.60. The molecule has 1 amide bonds. The van der Waals surface area contributed by atoms with E-state index < -0.39 is 10.0 Å². The maximum Gasteiger partial charge on any atom is 0.243 e. The van der Waals surface area contributed by atoms with E-state index in [2.05, 4.69) is 0 Å². The molecule has 2 aliphatic rings. The van der Waals surface area contributed by atoms with E-state index in [0.717, 1.165) is 12.8 Å². The lowest BCUT2D eigenvalue weighted by Gasteiger charge is -2.33. The van der Waals surface area contributed by atoms with Gasteiger partial charge in [0.15, 0.2) is 0 Å². The minimum atomic E-state index is -3.62. The molecule has 21 heavy (non-hydrogen) atoms. The average Bonchev–Trinajstić information content (AvgIpc) is 3.32. The highest BCUT2D eigenvalue weighted by molar-refractivity contribution is 7.89. The highest BCUT2D eigenvalue weighted by Crippen LogP contribution is 2.29. The Kier molecular flexibility index (Phi) is 3.62. The number of sulfonamides is 1. The number of hydrogen-bond donors (Lipinski definition) is 0. The van der Waals surface area contributed by atoms with Crippen LogP contribution in [-0.2, 0) is 14.8 Å². The van der Waals surface area contributed by atoms with Gasteiger partial charge in [-0.1, -0.05) is 0 Å². The molecular formula is C14H18N2O4S. The number of benzene rings is 1. The molecule has 0 aromatic heterocycles. The first-order valence-electron chi connectivity index (χ1n) is 6.96. The molecular weight excluding hydrogens is 292 g/mol. The summed E-state index contributed by atoms with van der Waals surface area (Å²) in [5.41, 5.74) is 0. The van der Waals surface area contributed by atoms with Gasteiger partial charge in [-0.25, -0.2) is 8.42 Å². The topological polar surface area (TPSA) is 66.9 Å². The Bertz CT molecular complexity index is 637. The van der Waals surface area contributed by atoms with Crippen LogP contribution in [0, 0.1) is 0 Å². The first-order valence-corrected chi connectivity index (χ1v) is 8.40. The molecule has 1 aliphatic heterocycles. The molecule has 1 aromatic carbocycles. The zero-order chi connectivity index (χ0) is 15.0. The van der Waals surface area contributed by atoms with Crippen molar-refractivity contribution < 1.29 is 17.9 Å². The van der Waals surface area contributed by atoms with Gasteiger partial charge >= 0.3 is 0 Å². The van der Waals surface area contributed by atoms with Crippen LogP contribution in [0.4, 0.5) is 0 Å². The third-order valence-corrected chi connectivity index (χ3v) is 5.77. The first-order chi connectivity index (χ1) is 10.0. The van der Waals surface area contributed by atoms with Gasteiger partial charge in [0.25, 0.3) is 0 Å². The number of ether oxygens (including phenoxy) is 1. The van der Waals surface area contributed by atoms with E-state index in [-0.39, 0.29) is 17.3 Å². The fourth-order valence-corrected chi connectivity index (χ4v) is 3.92. The van der Waals surface area contributed by atoms with Crippen LogP contribution >= 0.6 is 0 Å². The van der Waals surface area contributed by atoms with E-state index >= 15 is 0 Å². The van der Waals surface area contributed by atoms with Gasteiger partial charge in [0.05, 0.1) is 18.6 Å². The van der Waals surface area contributed by atoms with Gasteiger partial charge in [0, 0.05) is 19.1 Å². The van der Waals surface area contributed by atoms with E-state index in [1.165, 1.54) is 23.5 Å². The van der Waals surface area contributed by atoms with Crippen LogP contribution in [0.5, 0.6) is 5.75 Å². The average molecular weight is 310 g/mol. The van der Waals surface area contributed by atoms with E-state index in [9.17, 15) is 13.2 Å². The van der Waals surface area contributed by atoms with Crippen LogP contribution in [0.1, 0.15) is 12.8 Å². The maximum absolute atomic E-state index is 12.5. The number of carbonyl (C=O) groups is 1. The van der Waals surface area contributed by atoms with E-state index in [0.29, 0.717) is 24.9 Å². The van der Waals surface area contributed by atoms with Gasteiger partial charge in [0.1, 0.15) is 5.75 Å². The molecule has 7 heteroatoms. The van der Waals surface area contributed by atoms with Gasteiger partial charge in [-0.3, -0.25) is 4.79 Å². The van der Waals surface area contributed by atoms with E-state index in [1.807, 2.05) is 0 Å². The molecule has 114 valence electrons. The van der Waals surface area contributed by atoms with Crippen LogP contribution < -0.4 is 4.74 Å². The predicted octanol–water partition coefficient (Wildman–Crippen LogP) is 0.690. The molecule has 1 aliphatic carbocycles. The molecule has 1 saturated carbocycles. The number of carbonyl (C=O) groups excluding carboxylic acids is 1. The Labute approximate surface area is 124 Å². The van der Waals surface area contributed by atoms with Crippen LogP contribution in [0.3, 0.4) is 0 Å². The monoisotopic (exact) mass is 310 g/mol. The minimum absolute atomic E-state index is 0.0646. The number of nitrogens with zero attached hydrogens (tertiary/aromatic N) is 2. The molecule has 0 bridgehead atoms. The van der Waals surface area contributed by atoms with Crippen molar-refractivity contribution >= 4 is 15.9 Å². The lowest BCUT2D eigenvalue weighted by molar-refractivity contribution is -0.134. The van der Waals surface area contributed by atoms with Crippen molar-refractivity contribution in [1.82, 2.24) is 9.21 Å². The number of rotatable bonds is 4. The van der Waals surface area contributed by atoms with Crippen molar-refractivity contribution in [1.29, 1.82) is 0 Å². The smallest absolute Gasteiger partial charge is 0.243 e. The summed E-state index contributed by atoms with van der Waals surface area (Å²) in [4.78, 5) is 14.1. The Morgan fingerprint density at radius 1 is 1.14 bits per heavy atom. The third kappa shape index (κ3) is 2.75. The molecule has 1 saturated heterocycles. The molecule has 0 radical (unpaired) electrons. The van der Waals surface area contributed by atoms with Gasteiger partial charge in [-0.2, -0.15) is 4.31 Å². The standard InChI is InChI=1S/C14H18N2O4S/c1-20-12-4-6-13(7-5-12)21(18,19)15-8-9-16(11-2-3-11)14(17)10-15/h4-7,11H,2-3,8-10H2,1H3. The molecule has 0 N–H and O–H groups in total. The van der Waals surface area contributed by atoms with Gasteiger partial charge in [-0.15, -0.1) is 0 Å². The Balaban J connectivity index is 1.76. The van der Waals surface area contributed by atoms with Gasteiger partial charge in [-0.05, 0) is 37.1 Å². The van der Waals surface area contributed by atoms with Crippen molar-refractivity contribution in [2.45, 2.75) is 23.8 Å². The summed E-state index contributed by atoms with van der Waals surface area (Å²) >= 11 is 0. The number of piperazine rings is 1. The van der Waals surface area contributed by atoms with Crippen LogP contribution in [0.2, 0.25) is 0 Å². The quantitative estimate of drug-likeness (QED) is 0.821. The molecule has 2 fully saturated rings. The summed E-state index contributed by atoms with van der Waals surface area (Å²) < 4.78 is 31.4. The molecule has 0 unspecified atom stereocenters. The van der Waals surface area contributed by atoms with Crippen molar-refractivity contribution in [3.8, 4) is 5.75 Å². The molecule has 3 rings (SSSR count). The zero-order valence-corrected chi connectivity index (χ0v) is 12.7. The fourth-order valence-electron chi connectivity index (χ4n) is 2.54. The van der Waals surface area contributed by atoms with Crippen LogP contribution in [0.15, 0.2) is 29.2 Å². The van der Waals surface area contributed by atoms with Crippen molar-refractivity contribution in [3.63, 3.8) is 0 Å². The molecule has 1 heterocycles. The van der Waals surface area contributed by atoms with Crippen LogP contribution in [-0.4, -0.2) is 56.3 Å². The Morgan fingerprint density at radius 3 is 2.33 bits per heavy atom. The molecule has 6 nitrogen and oxygen atoms in total. The fraction of sp³-hybridized carbons (Fsp3) is 0.500. The van der Waals surface area contributed by atoms with Crippen molar-refractivity contribution in [2.75, 3.05) is 26.7 Å². The normalized spacial score (nSPS) is 20.6. The second-order valence-corrected chi connectivity index (χ2v) is 7.27. The second-order valence-electron chi connectivity index (χ2n) is 5.33. The van der Waals surface area contributed by atoms with Crippen molar-refractivity contribution in [2.24, 2.45) is 0 Å². The number of methoxy groups -OCH3 is 1. The lowest BCUT2D eigenvalue weighted by Crippen LogP contribution is -2.52. The highest BCUT2D eigenvalue weighted by Gasteiger charge is 2.39. The third-order valence-electron chi connectivity index (χ3n) is 3.91. The first kappa shape index (κ1) is 14.3. The summed E-state index contributed by atoms with van der Waals surface area (Å²) in [5.74, 6) is 0.504. The predicted molar refractivity (Wildman–Crippen MR) is 76.5 cm³/mol. The summed E-state index contributed by atoms with van der Waals surface area (Å²) in [5, 5.41) is 0. The van der Waals surface area contributed by atoms with Gasteiger partial charge in [0.2, 0.25) is 15.9 Å². The van der Waals surface area contributed by atoms with E-state index in [4.69, 9.17) is 4.74 Å². The largest absolute Gasteiger partial charge is 0.497 e. The zero-order valence-electron chi connectivity index (χ0n) is 11.9. The summed E-state index contributed by atoms with van der Waals surface area (Å²) in [6.07, 6.45) is 2.08. The minimum Gasteiger partial charge on any atom is -0.497 e. The van der Waals surface area contributed by atoms with Crippen molar-refractivity contribution in [3.05, 3.63) is 24.3 Å². The molecule has 0 spiro atoms. The second kappa shape index (κ2) is 5.31. The number of hydrogen-bond acceptors (Lipinski definition) is 4. The van der Waals surface area contributed by atoms with Crippen LogP contribution in [0.25, 0.3) is 0 Å². The summed E-state index contributed by atoms with van der Waals surface area (Å²) in [6.45, 7) is 0.778. The molecule has 1 aromatic rings. The summed E-state index contributed by atoms with van der Waals surface area (Å²) in [7, 11) is -2.09. The molecule has 0 atom stereocenters. The Morgan fingerprint density at radius 2 is 1.81 bits per heavy atom. The van der Waals surface area contributed by atoms with Gasteiger partial charge < -0.3 is 9.64 Å². The summed E-state index contributed by atoms with van der Waals surface area (Å²) in [6, 6.07) is 6.56. The highest BCUT2D eigenvalue weighted by atomic mass is 32.2. The lowest BCUT2D eigenvalue weighted by atomic mass is 10.3. The number of amides is 1. The maximum atomic E-state index is 12.5. The van der Waals surface area contributed by atoms with E-state index in [1.54, 1.807) is 17.0 Å².